The van der Waals surface area contributed by atoms with Crippen LogP contribution in [0.1, 0.15) is 37.2 Å². The molecule has 1 aliphatic rings. The zero-order valence-corrected chi connectivity index (χ0v) is 13.1. The van der Waals surface area contributed by atoms with E-state index in [0.29, 0.717) is 5.92 Å². The summed E-state index contributed by atoms with van der Waals surface area (Å²) in [7, 11) is 2.18. The molecule has 0 spiro atoms. The van der Waals surface area contributed by atoms with Crippen molar-refractivity contribution in [3.63, 3.8) is 0 Å². The van der Waals surface area contributed by atoms with Crippen molar-refractivity contribution in [3.05, 3.63) is 29.8 Å². The Kier molecular flexibility index (Phi) is 4.01. The van der Waals surface area contributed by atoms with E-state index < -0.39 is 0 Å². The number of hydrogen-bond acceptors (Lipinski definition) is 4. The Morgan fingerprint density at radius 2 is 2.19 bits per heavy atom. The van der Waals surface area contributed by atoms with Crippen LogP contribution in [0.2, 0.25) is 0 Å². The molecule has 3 heterocycles. The van der Waals surface area contributed by atoms with Crippen LogP contribution in [-0.4, -0.2) is 44.8 Å². The maximum atomic E-state index is 4.84. The summed E-state index contributed by atoms with van der Waals surface area (Å²) in [5.74, 6) is 1.43. The van der Waals surface area contributed by atoms with Crippen LogP contribution < -0.4 is 0 Å². The molecule has 2 aromatic heterocycles. The number of nitrogens with zero attached hydrogens (tertiary/aromatic N) is 5. The van der Waals surface area contributed by atoms with E-state index in [1.54, 1.807) is 0 Å². The molecule has 3 rings (SSSR count). The van der Waals surface area contributed by atoms with Gasteiger partial charge in [-0.15, -0.1) is 0 Å². The maximum Gasteiger partial charge on any atom is 0.133 e. The molecule has 1 aliphatic heterocycles. The van der Waals surface area contributed by atoms with E-state index in [9.17, 15) is 0 Å². The Bertz CT molecular complexity index is 619. The number of piperidine rings is 1. The van der Waals surface area contributed by atoms with E-state index in [4.69, 9.17) is 4.98 Å². The van der Waals surface area contributed by atoms with Crippen molar-refractivity contribution >= 4 is 0 Å². The van der Waals surface area contributed by atoms with E-state index >= 15 is 0 Å². The summed E-state index contributed by atoms with van der Waals surface area (Å²) in [6.07, 6.45) is 4.24. The van der Waals surface area contributed by atoms with Gasteiger partial charge in [-0.3, -0.25) is 4.68 Å². The third-order valence-corrected chi connectivity index (χ3v) is 4.14. The van der Waals surface area contributed by atoms with Crippen molar-refractivity contribution in [1.82, 2.24) is 24.6 Å². The molecule has 0 aromatic carbocycles. The zero-order chi connectivity index (χ0) is 14.8. The summed E-state index contributed by atoms with van der Waals surface area (Å²) >= 11 is 0. The van der Waals surface area contributed by atoms with Crippen LogP contribution in [0.4, 0.5) is 0 Å². The molecule has 0 N–H and O–H groups in total. The van der Waals surface area contributed by atoms with Gasteiger partial charge < -0.3 is 4.90 Å². The topological polar surface area (TPSA) is 46.8 Å². The van der Waals surface area contributed by atoms with Crippen LogP contribution in [0, 0.1) is 6.92 Å². The second-order valence-electron chi connectivity index (χ2n) is 5.89. The van der Waals surface area contributed by atoms with Gasteiger partial charge in [-0.1, -0.05) is 0 Å². The Morgan fingerprint density at radius 1 is 1.33 bits per heavy atom. The van der Waals surface area contributed by atoms with Crippen molar-refractivity contribution in [3.8, 4) is 11.4 Å². The van der Waals surface area contributed by atoms with Crippen LogP contribution in [0.3, 0.4) is 0 Å². The van der Waals surface area contributed by atoms with Crippen molar-refractivity contribution in [2.24, 2.45) is 0 Å². The molecule has 21 heavy (non-hydrogen) atoms. The fourth-order valence-corrected chi connectivity index (χ4v) is 3.08. The molecule has 112 valence electrons. The minimum Gasteiger partial charge on any atom is -0.306 e. The number of aryl methyl sites for hydroxylation is 2. The lowest BCUT2D eigenvalue weighted by Gasteiger charge is -2.28. The molecule has 0 saturated carbocycles. The maximum absolute atomic E-state index is 4.84. The fraction of sp³-hybridized carbons (Fsp3) is 0.562. The number of aromatic nitrogens is 4. The highest BCUT2D eigenvalue weighted by Crippen LogP contribution is 2.26. The van der Waals surface area contributed by atoms with Crippen molar-refractivity contribution in [2.75, 3.05) is 20.1 Å². The predicted molar refractivity (Wildman–Crippen MR) is 83.1 cm³/mol. The molecule has 0 radical (unpaired) electrons. The molecule has 5 heteroatoms. The van der Waals surface area contributed by atoms with E-state index in [0.717, 1.165) is 36.0 Å². The molecule has 0 bridgehead atoms. The van der Waals surface area contributed by atoms with Crippen molar-refractivity contribution in [1.29, 1.82) is 0 Å². The Hall–Kier alpha value is -1.75. The minimum atomic E-state index is 0.445. The van der Waals surface area contributed by atoms with Crippen molar-refractivity contribution < 1.29 is 0 Å². The number of hydrogen-bond donors (Lipinski definition) is 0. The molecule has 1 fully saturated rings. The van der Waals surface area contributed by atoms with Gasteiger partial charge >= 0.3 is 0 Å². The normalized spacial score (nSPS) is 19.9. The molecule has 2 aromatic rings. The number of rotatable bonds is 3. The standard InChI is InChI=1S/C16H23N5/c1-4-21-15(7-8-17-21)14-10-12(2)18-16(19-14)13-6-5-9-20(3)11-13/h7-8,10,13H,4-6,9,11H2,1-3H3/t13-/m0/s1. The summed E-state index contributed by atoms with van der Waals surface area (Å²) in [5, 5.41) is 4.34. The van der Waals surface area contributed by atoms with Gasteiger partial charge in [0.2, 0.25) is 0 Å². The Balaban J connectivity index is 1.96. The largest absolute Gasteiger partial charge is 0.306 e. The van der Waals surface area contributed by atoms with Gasteiger partial charge in [-0.2, -0.15) is 5.10 Å². The molecule has 5 nitrogen and oxygen atoms in total. The summed E-state index contributed by atoms with van der Waals surface area (Å²) in [5.41, 5.74) is 3.10. The summed E-state index contributed by atoms with van der Waals surface area (Å²) in [6, 6.07) is 4.08. The first-order chi connectivity index (χ1) is 10.2. The highest BCUT2D eigenvalue weighted by Gasteiger charge is 2.22. The van der Waals surface area contributed by atoms with Gasteiger partial charge in [0.15, 0.2) is 0 Å². The minimum absolute atomic E-state index is 0.445. The van der Waals surface area contributed by atoms with E-state index in [-0.39, 0.29) is 0 Å². The Morgan fingerprint density at radius 3 is 2.95 bits per heavy atom. The van der Waals surface area contributed by atoms with Crippen molar-refractivity contribution in [2.45, 2.75) is 39.2 Å². The Labute approximate surface area is 126 Å². The van der Waals surface area contributed by atoms with Crippen LogP contribution >= 0.6 is 0 Å². The number of likely N-dealkylation sites (N-methyl/N-ethyl adjacent to an activating group) is 1. The molecule has 0 amide bonds. The lowest BCUT2D eigenvalue weighted by molar-refractivity contribution is 0.246. The third-order valence-electron chi connectivity index (χ3n) is 4.14. The monoisotopic (exact) mass is 285 g/mol. The van der Waals surface area contributed by atoms with Gasteiger partial charge in [0.25, 0.3) is 0 Å². The second kappa shape index (κ2) is 5.93. The molecular formula is C16H23N5. The number of likely N-dealkylation sites (tertiary alicyclic amines) is 1. The molecule has 0 unspecified atom stereocenters. The van der Waals surface area contributed by atoms with E-state index in [1.165, 1.54) is 19.4 Å². The summed E-state index contributed by atoms with van der Waals surface area (Å²) < 4.78 is 1.98. The average molecular weight is 285 g/mol. The predicted octanol–water partition coefficient (Wildman–Crippen LogP) is 2.48. The second-order valence-corrected chi connectivity index (χ2v) is 5.89. The first-order valence-corrected chi connectivity index (χ1v) is 7.73. The zero-order valence-electron chi connectivity index (χ0n) is 13.1. The molecule has 0 aliphatic carbocycles. The van der Waals surface area contributed by atoms with Crippen LogP contribution in [-0.2, 0) is 6.54 Å². The van der Waals surface area contributed by atoms with Crippen LogP contribution in [0.5, 0.6) is 0 Å². The highest BCUT2D eigenvalue weighted by atomic mass is 15.3. The molecule has 1 atom stereocenters. The van der Waals surface area contributed by atoms with E-state index in [1.807, 2.05) is 23.9 Å². The summed E-state index contributed by atoms with van der Waals surface area (Å²) in [6.45, 7) is 7.23. The van der Waals surface area contributed by atoms with Crippen LogP contribution in [0.15, 0.2) is 18.3 Å². The smallest absolute Gasteiger partial charge is 0.133 e. The first kappa shape index (κ1) is 14.2. The quantitative estimate of drug-likeness (QED) is 0.869. The molecular weight excluding hydrogens is 262 g/mol. The first-order valence-electron chi connectivity index (χ1n) is 7.73. The van der Waals surface area contributed by atoms with Crippen LogP contribution in [0.25, 0.3) is 11.4 Å². The third kappa shape index (κ3) is 2.97. The van der Waals surface area contributed by atoms with Gasteiger partial charge in [-0.25, -0.2) is 9.97 Å². The van der Waals surface area contributed by atoms with Gasteiger partial charge in [0, 0.05) is 30.9 Å². The lowest BCUT2D eigenvalue weighted by Crippen LogP contribution is -2.31. The fourth-order valence-electron chi connectivity index (χ4n) is 3.08. The van der Waals surface area contributed by atoms with E-state index in [2.05, 4.69) is 35.0 Å². The summed E-state index contributed by atoms with van der Waals surface area (Å²) in [4.78, 5) is 11.9. The van der Waals surface area contributed by atoms with Gasteiger partial charge in [0.1, 0.15) is 5.82 Å². The van der Waals surface area contributed by atoms with Gasteiger partial charge in [0.05, 0.1) is 11.4 Å². The SMILES string of the molecule is CCn1nccc1-c1cc(C)nc([C@H]2CCCN(C)C2)n1. The average Bonchev–Trinajstić information content (AvgIpc) is 2.95. The highest BCUT2D eigenvalue weighted by molar-refractivity contribution is 5.54. The van der Waals surface area contributed by atoms with Gasteiger partial charge in [-0.05, 0) is 52.4 Å². The molecule has 1 saturated heterocycles. The lowest BCUT2D eigenvalue weighted by atomic mass is 9.97.